The van der Waals surface area contributed by atoms with E-state index in [1.54, 1.807) is 0 Å². The predicted octanol–water partition coefficient (Wildman–Crippen LogP) is 0.529. The summed E-state index contributed by atoms with van der Waals surface area (Å²) in [5.74, 6) is -0.371. The number of esters is 1. The molecule has 1 aliphatic heterocycles. The molecule has 0 aromatic rings. The second kappa shape index (κ2) is 3.34. The quantitative estimate of drug-likeness (QED) is 0.417. The molecule has 1 saturated heterocycles. The van der Waals surface area contributed by atoms with Gasteiger partial charge in [0.05, 0.1) is 12.5 Å². The lowest BCUT2D eigenvalue weighted by molar-refractivity contribution is -0.153. The van der Waals surface area contributed by atoms with E-state index < -0.39 is 0 Å². The molecule has 1 atom stereocenters. The molecule has 56 valence electrons. The van der Waals surface area contributed by atoms with Crippen molar-refractivity contribution >= 4 is 12.3 Å². The van der Waals surface area contributed by atoms with Gasteiger partial charge in [-0.1, -0.05) is 0 Å². The summed E-state index contributed by atoms with van der Waals surface area (Å²) in [5, 5.41) is 0. The van der Waals surface area contributed by atoms with E-state index in [0.29, 0.717) is 13.0 Å². The normalized spacial score (nSPS) is 25.6. The van der Waals surface area contributed by atoms with Gasteiger partial charge in [0, 0.05) is 6.42 Å². The molecule has 10 heavy (non-hydrogen) atoms. The molecule has 3 heteroatoms. The highest BCUT2D eigenvalue weighted by Crippen LogP contribution is 2.16. The molecule has 1 heterocycles. The summed E-state index contributed by atoms with van der Waals surface area (Å²) in [7, 11) is 0. The van der Waals surface area contributed by atoms with E-state index in [4.69, 9.17) is 4.74 Å². The van der Waals surface area contributed by atoms with E-state index in [-0.39, 0.29) is 11.9 Å². The molecule has 3 nitrogen and oxygen atoms in total. The molecule has 0 aromatic carbocycles. The fourth-order valence-corrected chi connectivity index (χ4v) is 1.07. The van der Waals surface area contributed by atoms with Crippen LogP contribution in [0.15, 0.2) is 0 Å². The summed E-state index contributed by atoms with van der Waals surface area (Å²) in [4.78, 5) is 20.8. The third-order valence-corrected chi connectivity index (χ3v) is 1.66. The van der Waals surface area contributed by atoms with Crippen LogP contribution in [0.3, 0.4) is 0 Å². The molecule has 0 aliphatic carbocycles. The van der Waals surface area contributed by atoms with Crippen LogP contribution in [-0.2, 0) is 14.3 Å². The highest BCUT2D eigenvalue weighted by molar-refractivity contribution is 5.75. The van der Waals surface area contributed by atoms with Gasteiger partial charge in [0.1, 0.15) is 6.29 Å². The zero-order valence-corrected chi connectivity index (χ0v) is 5.71. The van der Waals surface area contributed by atoms with E-state index in [1.165, 1.54) is 0 Å². The number of aldehydes is 1. The monoisotopic (exact) mass is 142 g/mol. The SMILES string of the molecule is O=CCC1CCCOC1=O. The number of hydrogen-bond donors (Lipinski definition) is 0. The Morgan fingerprint density at radius 1 is 1.70 bits per heavy atom. The first-order valence-corrected chi connectivity index (χ1v) is 3.45. The molecule has 0 bridgehead atoms. The van der Waals surface area contributed by atoms with Crippen LogP contribution >= 0.6 is 0 Å². The summed E-state index contributed by atoms with van der Waals surface area (Å²) in [6.07, 6.45) is 2.79. The van der Waals surface area contributed by atoms with Crippen LogP contribution in [0.4, 0.5) is 0 Å². The van der Waals surface area contributed by atoms with E-state index in [1.807, 2.05) is 0 Å². The molecule has 1 aliphatic rings. The van der Waals surface area contributed by atoms with Crippen molar-refractivity contribution < 1.29 is 14.3 Å². The van der Waals surface area contributed by atoms with Crippen molar-refractivity contribution in [1.82, 2.24) is 0 Å². The lowest BCUT2D eigenvalue weighted by atomic mass is 9.99. The van der Waals surface area contributed by atoms with E-state index in [9.17, 15) is 9.59 Å². The van der Waals surface area contributed by atoms with Gasteiger partial charge in [-0.15, -0.1) is 0 Å². The van der Waals surface area contributed by atoms with Crippen molar-refractivity contribution in [3.63, 3.8) is 0 Å². The van der Waals surface area contributed by atoms with Crippen LogP contribution in [0.2, 0.25) is 0 Å². The van der Waals surface area contributed by atoms with Crippen LogP contribution in [0, 0.1) is 5.92 Å². The maximum atomic E-state index is 10.8. The lowest BCUT2D eigenvalue weighted by Crippen LogP contribution is -2.24. The summed E-state index contributed by atoms with van der Waals surface area (Å²) >= 11 is 0. The lowest BCUT2D eigenvalue weighted by Gasteiger charge is -2.18. The first-order valence-electron chi connectivity index (χ1n) is 3.45. The van der Waals surface area contributed by atoms with Crippen LogP contribution in [0.25, 0.3) is 0 Å². The minimum absolute atomic E-state index is 0.161. The Bertz CT molecular complexity index is 142. The maximum absolute atomic E-state index is 10.8. The first kappa shape index (κ1) is 7.25. The zero-order valence-electron chi connectivity index (χ0n) is 5.71. The Morgan fingerprint density at radius 3 is 3.10 bits per heavy atom. The van der Waals surface area contributed by atoms with Gasteiger partial charge in [0.2, 0.25) is 0 Å². The summed E-state index contributed by atoms with van der Waals surface area (Å²) in [6.45, 7) is 0.522. The van der Waals surface area contributed by atoms with Gasteiger partial charge in [-0.25, -0.2) is 0 Å². The smallest absolute Gasteiger partial charge is 0.309 e. The fourth-order valence-electron chi connectivity index (χ4n) is 1.07. The highest BCUT2D eigenvalue weighted by atomic mass is 16.5. The molecule has 1 rings (SSSR count). The number of cyclic esters (lactones) is 1. The van der Waals surface area contributed by atoms with Crippen molar-refractivity contribution in [3.05, 3.63) is 0 Å². The predicted molar refractivity (Wildman–Crippen MR) is 34.4 cm³/mol. The van der Waals surface area contributed by atoms with E-state index in [2.05, 4.69) is 0 Å². The fraction of sp³-hybridized carbons (Fsp3) is 0.714. The molecule has 0 saturated carbocycles. The third kappa shape index (κ3) is 1.56. The van der Waals surface area contributed by atoms with Gasteiger partial charge in [-0.2, -0.15) is 0 Å². The van der Waals surface area contributed by atoms with Crippen molar-refractivity contribution in [2.75, 3.05) is 6.61 Å². The minimum Gasteiger partial charge on any atom is -0.465 e. The van der Waals surface area contributed by atoms with E-state index in [0.717, 1.165) is 19.1 Å². The van der Waals surface area contributed by atoms with Crippen LogP contribution in [0.1, 0.15) is 19.3 Å². The summed E-state index contributed by atoms with van der Waals surface area (Å²) < 4.78 is 4.75. The number of hydrogen-bond acceptors (Lipinski definition) is 3. The van der Waals surface area contributed by atoms with E-state index >= 15 is 0 Å². The van der Waals surface area contributed by atoms with Crippen molar-refractivity contribution in [2.24, 2.45) is 5.92 Å². The first-order chi connectivity index (χ1) is 4.84. The third-order valence-electron chi connectivity index (χ3n) is 1.66. The molecule has 0 spiro atoms. The van der Waals surface area contributed by atoms with Gasteiger partial charge in [0.15, 0.2) is 0 Å². The Labute approximate surface area is 59.4 Å². The topological polar surface area (TPSA) is 43.4 Å². The van der Waals surface area contributed by atoms with Crippen LogP contribution in [0.5, 0.6) is 0 Å². The Morgan fingerprint density at radius 2 is 2.50 bits per heavy atom. The average molecular weight is 142 g/mol. The van der Waals surface area contributed by atoms with Crippen molar-refractivity contribution in [2.45, 2.75) is 19.3 Å². The Kier molecular flexibility index (Phi) is 2.42. The molecule has 0 aromatic heterocycles. The number of carbonyl (C=O) groups excluding carboxylic acids is 2. The average Bonchev–Trinajstić information content (AvgIpc) is 1.94. The van der Waals surface area contributed by atoms with Gasteiger partial charge in [0.25, 0.3) is 0 Å². The number of ether oxygens (including phenoxy) is 1. The van der Waals surface area contributed by atoms with Crippen LogP contribution < -0.4 is 0 Å². The van der Waals surface area contributed by atoms with Gasteiger partial charge >= 0.3 is 5.97 Å². The van der Waals surface area contributed by atoms with Crippen molar-refractivity contribution in [1.29, 1.82) is 0 Å². The molecule has 1 unspecified atom stereocenters. The molecule has 0 N–H and O–H groups in total. The Hall–Kier alpha value is -0.860. The van der Waals surface area contributed by atoms with Crippen LogP contribution in [-0.4, -0.2) is 18.9 Å². The molecular formula is C7H10O3. The summed E-state index contributed by atoms with van der Waals surface area (Å²) in [5.41, 5.74) is 0. The highest BCUT2D eigenvalue weighted by Gasteiger charge is 2.22. The maximum Gasteiger partial charge on any atom is 0.309 e. The van der Waals surface area contributed by atoms with Gasteiger partial charge in [-0.3, -0.25) is 4.79 Å². The van der Waals surface area contributed by atoms with Gasteiger partial charge < -0.3 is 9.53 Å². The number of carbonyl (C=O) groups is 2. The van der Waals surface area contributed by atoms with Crippen molar-refractivity contribution in [3.8, 4) is 0 Å². The summed E-state index contributed by atoms with van der Waals surface area (Å²) in [6, 6.07) is 0. The molecule has 1 fully saturated rings. The molecular weight excluding hydrogens is 132 g/mol. The number of rotatable bonds is 2. The second-order valence-electron chi connectivity index (χ2n) is 2.41. The molecule has 0 radical (unpaired) electrons. The molecule has 0 amide bonds. The largest absolute Gasteiger partial charge is 0.465 e. The second-order valence-corrected chi connectivity index (χ2v) is 2.41. The standard InChI is InChI=1S/C7H10O3/c8-4-3-6-2-1-5-10-7(6)9/h4,6H,1-3,5H2. The minimum atomic E-state index is -0.210. The van der Waals surface area contributed by atoms with Gasteiger partial charge in [-0.05, 0) is 12.8 Å². The Balaban J connectivity index is 2.39. The zero-order chi connectivity index (χ0) is 7.40.